The van der Waals surface area contributed by atoms with Crippen LogP contribution in [0.4, 0.5) is 0 Å². The Kier molecular flexibility index (Phi) is 2.29. The van der Waals surface area contributed by atoms with Crippen LogP contribution in [0.3, 0.4) is 0 Å². The van der Waals surface area contributed by atoms with E-state index < -0.39 is 5.97 Å². The Bertz CT molecular complexity index is 487. The van der Waals surface area contributed by atoms with E-state index in [9.17, 15) is 4.79 Å². The lowest BCUT2D eigenvalue weighted by Crippen LogP contribution is -1.96. The Morgan fingerprint density at radius 3 is 2.79 bits per heavy atom. The molecule has 2 aromatic rings. The Balaban J connectivity index is 2.68. The predicted octanol–water partition coefficient (Wildman–Crippen LogP) is 3.21. The fourth-order valence-electron chi connectivity index (χ4n) is 1.40. The summed E-state index contributed by atoms with van der Waals surface area (Å²) >= 11 is 2.63. The van der Waals surface area contributed by atoms with Crippen LogP contribution in [-0.2, 0) is 3.83 Å². The molecule has 0 N–H and O–H groups in total. The molecule has 0 saturated heterocycles. The predicted molar refractivity (Wildman–Crippen MR) is 55.3 cm³/mol. The van der Waals surface area contributed by atoms with E-state index in [-0.39, 0.29) is 5.76 Å². The second-order valence-corrected chi connectivity index (χ2v) is 3.24. The van der Waals surface area contributed by atoms with Gasteiger partial charge in [0.25, 0.3) is 0 Å². The highest BCUT2D eigenvalue weighted by Gasteiger charge is 2.17. The van der Waals surface area contributed by atoms with Crippen LogP contribution in [0.2, 0.25) is 0 Å². The molecule has 1 aromatic carbocycles. The molecule has 0 aliphatic rings. The molecule has 0 spiro atoms. The average molecular weight is 255 g/mol. The molecule has 4 heteroatoms. The summed E-state index contributed by atoms with van der Waals surface area (Å²) in [6, 6.07) is 7.47. The molecule has 0 amide bonds. The number of fused-ring (bicyclic) bond motifs is 1. The summed E-state index contributed by atoms with van der Waals surface area (Å²) in [5, 5.41) is 0.931. The first kappa shape index (κ1) is 9.27. The average Bonchev–Trinajstić information content (AvgIpc) is 2.56. The summed E-state index contributed by atoms with van der Waals surface area (Å²) in [6.45, 7) is 1.82. The monoisotopic (exact) mass is 254 g/mol. The molecule has 0 atom stereocenters. The van der Waals surface area contributed by atoms with E-state index >= 15 is 0 Å². The van der Waals surface area contributed by atoms with E-state index in [0.29, 0.717) is 5.58 Å². The zero-order valence-electron chi connectivity index (χ0n) is 7.41. The van der Waals surface area contributed by atoms with Crippen LogP contribution in [0, 0.1) is 6.92 Å². The Hall–Kier alpha value is -1.29. The lowest BCUT2D eigenvalue weighted by Gasteiger charge is -1.91. The molecule has 14 heavy (non-hydrogen) atoms. The summed E-state index contributed by atoms with van der Waals surface area (Å²) < 4.78 is 9.77. The van der Waals surface area contributed by atoms with Crippen molar-refractivity contribution in [2.45, 2.75) is 6.92 Å². The lowest BCUT2D eigenvalue weighted by molar-refractivity contribution is 0.0751. The highest BCUT2D eigenvalue weighted by atomic mass is 79.9. The first-order valence-electron chi connectivity index (χ1n) is 4.05. The van der Waals surface area contributed by atoms with Crippen LogP contribution >= 0.6 is 16.3 Å². The van der Waals surface area contributed by atoms with Gasteiger partial charge in [-0.15, -0.1) is 0 Å². The van der Waals surface area contributed by atoms with Crippen molar-refractivity contribution in [2.24, 2.45) is 0 Å². The van der Waals surface area contributed by atoms with E-state index in [1.165, 1.54) is 0 Å². The molecule has 1 aromatic heterocycles. The largest absolute Gasteiger partial charge is 0.449 e. The van der Waals surface area contributed by atoms with Crippen molar-refractivity contribution in [3.8, 4) is 0 Å². The van der Waals surface area contributed by atoms with Gasteiger partial charge in [0.2, 0.25) is 5.76 Å². The number of rotatable bonds is 1. The number of carbonyl (C=O) groups is 1. The number of hydrogen-bond acceptors (Lipinski definition) is 3. The normalized spacial score (nSPS) is 10.4. The minimum atomic E-state index is -0.515. The van der Waals surface area contributed by atoms with Gasteiger partial charge in [0.05, 0.1) is 0 Å². The van der Waals surface area contributed by atoms with Gasteiger partial charge in [-0.1, -0.05) is 18.2 Å². The van der Waals surface area contributed by atoms with E-state index in [1.54, 1.807) is 0 Å². The first-order chi connectivity index (χ1) is 6.74. The van der Waals surface area contributed by atoms with E-state index in [2.05, 4.69) is 20.1 Å². The highest BCUT2D eigenvalue weighted by molar-refractivity contribution is 9.06. The smallest absolute Gasteiger partial charge is 0.386 e. The molecule has 1 heterocycles. The summed E-state index contributed by atoms with van der Waals surface area (Å²) in [7, 11) is 0. The maximum absolute atomic E-state index is 11.2. The number of hydrogen-bond donors (Lipinski definition) is 0. The van der Waals surface area contributed by atoms with Crippen LogP contribution < -0.4 is 0 Å². The molecule has 0 saturated carbocycles. The summed E-state index contributed by atoms with van der Waals surface area (Å²) in [5.74, 6) is -0.276. The maximum atomic E-state index is 11.2. The minimum Gasteiger partial charge on any atom is -0.449 e. The molecular formula is C10H7BrO3. The van der Waals surface area contributed by atoms with Gasteiger partial charge in [0.15, 0.2) is 16.3 Å². The quantitative estimate of drug-likeness (QED) is 0.785. The molecule has 0 radical (unpaired) electrons. The van der Waals surface area contributed by atoms with Crippen LogP contribution in [0.15, 0.2) is 28.7 Å². The Labute approximate surface area is 89.1 Å². The molecular weight excluding hydrogens is 248 g/mol. The maximum Gasteiger partial charge on any atom is 0.386 e. The number of halogens is 1. The van der Waals surface area contributed by atoms with Crippen LogP contribution in [0.25, 0.3) is 11.0 Å². The van der Waals surface area contributed by atoms with Crippen molar-refractivity contribution in [3.05, 3.63) is 35.6 Å². The van der Waals surface area contributed by atoms with Gasteiger partial charge in [-0.3, -0.25) is 0 Å². The molecule has 0 aliphatic heterocycles. The van der Waals surface area contributed by atoms with Crippen molar-refractivity contribution in [3.63, 3.8) is 0 Å². The Morgan fingerprint density at radius 2 is 2.14 bits per heavy atom. The van der Waals surface area contributed by atoms with Gasteiger partial charge in [-0.25, -0.2) is 4.79 Å². The van der Waals surface area contributed by atoms with Crippen molar-refractivity contribution in [1.29, 1.82) is 0 Å². The number of aryl methyl sites for hydroxylation is 1. The zero-order valence-corrected chi connectivity index (χ0v) is 9.00. The molecule has 0 bridgehead atoms. The van der Waals surface area contributed by atoms with E-state index in [4.69, 9.17) is 4.42 Å². The molecule has 2 rings (SSSR count). The van der Waals surface area contributed by atoms with Gasteiger partial charge in [-0.2, -0.15) is 0 Å². The SMILES string of the molecule is Cc1c(C(=O)OBr)oc2ccccc12. The third kappa shape index (κ3) is 1.32. The highest BCUT2D eigenvalue weighted by Crippen LogP contribution is 2.25. The van der Waals surface area contributed by atoms with Crippen LogP contribution in [-0.4, -0.2) is 5.97 Å². The molecule has 3 nitrogen and oxygen atoms in total. The zero-order chi connectivity index (χ0) is 10.1. The van der Waals surface area contributed by atoms with Gasteiger partial charge < -0.3 is 8.25 Å². The topological polar surface area (TPSA) is 39.4 Å². The van der Waals surface area contributed by atoms with Gasteiger partial charge >= 0.3 is 5.97 Å². The van der Waals surface area contributed by atoms with Gasteiger partial charge in [0.1, 0.15) is 5.58 Å². The van der Waals surface area contributed by atoms with E-state index in [0.717, 1.165) is 10.9 Å². The standard InChI is InChI=1S/C10H7BrO3/c1-6-7-4-2-3-5-8(7)13-9(6)10(12)14-11/h2-5H,1H3. The fourth-order valence-corrected chi connectivity index (χ4v) is 1.55. The number of carbonyl (C=O) groups excluding carboxylic acids is 1. The number of furan rings is 1. The molecule has 72 valence electrons. The second-order valence-electron chi connectivity index (χ2n) is 2.92. The van der Waals surface area contributed by atoms with Crippen molar-refractivity contribution in [1.82, 2.24) is 0 Å². The first-order valence-corrected chi connectivity index (χ1v) is 4.70. The van der Waals surface area contributed by atoms with Crippen molar-refractivity contribution < 1.29 is 13.0 Å². The molecule has 0 aliphatic carbocycles. The second kappa shape index (κ2) is 3.46. The third-order valence-electron chi connectivity index (χ3n) is 2.10. The molecule has 0 fully saturated rings. The molecule has 0 unspecified atom stereocenters. The minimum absolute atomic E-state index is 0.239. The summed E-state index contributed by atoms with van der Waals surface area (Å²) in [4.78, 5) is 11.2. The summed E-state index contributed by atoms with van der Waals surface area (Å²) in [5.41, 5.74) is 1.49. The fraction of sp³-hybridized carbons (Fsp3) is 0.100. The number of para-hydroxylation sites is 1. The van der Waals surface area contributed by atoms with Crippen LogP contribution in [0.1, 0.15) is 16.1 Å². The van der Waals surface area contributed by atoms with Gasteiger partial charge in [-0.05, 0) is 13.0 Å². The van der Waals surface area contributed by atoms with Crippen molar-refractivity contribution in [2.75, 3.05) is 0 Å². The van der Waals surface area contributed by atoms with Gasteiger partial charge in [0, 0.05) is 10.9 Å². The third-order valence-corrected chi connectivity index (χ3v) is 2.39. The van der Waals surface area contributed by atoms with E-state index in [1.807, 2.05) is 31.2 Å². The number of benzene rings is 1. The van der Waals surface area contributed by atoms with Crippen molar-refractivity contribution >= 4 is 33.2 Å². The Morgan fingerprint density at radius 1 is 1.43 bits per heavy atom. The van der Waals surface area contributed by atoms with Crippen LogP contribution in [0.5, 0.6) is 0 Å². The summed E-state index contributed by atoms with van der Waals surface area (Å²) in [6.07, 6.45) is 0. The lowest BCUT2D eigenvalue weighted by atomic mass is 10.1.